The minimum atomic E-state index is -0.377. The third-order valence-corrected chi connectivity index (χ3v) is 2.51. The van der Waals surface area contributed by atoms with Gasteiger partial charge in [-0.05, 0) is 31.5 Å². The summed E-state index contributed by atoms with van der Waals surface area (Å²) < 4.78 is 18.6. The van der Waals surface area contributed by atoms with Crippen molar-refractivity contribution in [3.8, 4) is 11.6 Å². The monoisotopic (exact) mass is 245 g/mol. The largest absolute Gasteiger partial charge is 0.439 e. The van der Waals surface area contributed by atoms with Crippen molar-refractivity contribution in [2.75, 3.05) is 0 Å². The maximum atomic E-state index is 13.1. The highest BCUT2D eigenvalue weighted by atomic mass is 19.1. The number of carbonyl (C=O) groups excluding carboxylic acids is 1. The fraction of sp³-hybridized carbons (Fsp3) is 0.143. The number of hydrogen-bond acceptors (Lipinski definition) is 3. The molecule has 18 heavy (non-hydrogen) atoms. The number of carbonyl (C=O) groups is 1. The standard InChI is InChI=1S/C14H12FNO2/c1-9-3-4-12(15)8-13(9)18-14-7-11(10(2)17)5-6-16-14/h3-8H,1-2H3. The highest BCUT2D eigenvalue weighted by Crippen LogP contribution is 2.24. The molecule has 1 aromatic heterocycles. The van der Waals surface area contributed by atoms with Crippen LogP contribution < -0.4 is 4.74 Å². The van der Waals surface area contributed by atoms with E-state index in [-0.39, 0.29) is 17.5 Å². The van der Waals surface area contributed by atoms with Crippen LogP contribution in [0.15, 0.2) is 36.5 Å². The van der Waals surface area contributed by atoms with Crippen LogP contribution in [0.2, 0.25) is 0 Å². The van der Waals surface area contributed by atoms with Crippen LogP contribution >= 0.6 is 0 Å². The number of aryl methyl sites for hydroxylation is 1. The number of benzene rings is 1. The smallest absolute Gasteiger partial charge is 0.219 e. The molecule has 0 saturated heterocycles. The van der Waals surface area contributed by atoms with Crippen LogP contribution in [0, 0.1) is 12.7 Å². The number of halogens is 1. The molecule has 0 bridgehead atoms. The molecule has 0 fully saturated rings. The normalized spacial score (nSPS) is 10.2. The molecule has 2 aromatic rings. The first-order valence-corrected chi connectivity index (χ1v) is 5.47. The average molecular weight is 245 g/mol. The Kier molecular flexibility index (Phi) is 3.37. The minimum absolute atomic E-state index is 0.0711. The average Bonchev–Trinajstić information content (AvgIpc) is 2.34. The molecule has 0 N–H and O–H groups in total. The van der Waals surface area contributed by atoms with E-state index in [4.69, 9.17) is 4.74 Å². The lowest BCUT2D eigenvalue weighted by Crippen LogP contribution is -1.96. The van der Waals surface area contributed by atoms with Crippen molar-refractivity contribution in [3.63, 3.8) is 0 Å². The second kappa shape index (κ2) is 4.96. The van der Waals surface area contributed by atoms with Gasteiger partial charge in [-0.3, -0.25) is 4.79 Å². The summed E-state index contributed by atoms with van der Waals surface area (Å²) in [7, 11) is 0. The fourth-order valence-electron chi connectivity index (χ4n) is 1.48. The van der Waals surface area contributed by atoms with Gasteiger partial charge >= 0.3 is 0 Å². The quantitative estimate of drug-likeness (QED) is 0.776. The number of Topliss-reactive ketones (excluding diaryl/α,β-unsaturated/α-hetero) is 1. The van der Waals surface area contributed by atoms with Crippen molar-refractivity contribution in [1.29, 1.82) is 0 Å². The first-order valence-electron chi connectivity index (χ1n) is 5.47. The number of ketones is 1. The second-order valence-electron chi connectivity index (χ2n) is 3.95. The maximum Gasteiger partial charge on any atom is 0.219 e. The Labute approximate surface area is 104 Å². The van der Waals surface area contributed by atoms with Crippen LogP contribution in [-0.4, -0.2) is 10.8 Å². The summed E-state index contributed by atoms with van der Waals surface area (Å²) in [6.45, 7) is 3.27. The van der Waals surface area contributed by atoms with Crippen molar-refractivity contribution < 1.29 is 13.9 Å². The van der Waals surface area contributed by atoms with Gasteiger partial charge in [-0.2, -0.15) is 0 Å². The highest BCUT2D eigenvalue weighted by Gasteiger charge is 2.06. The molecule has 0 aliphatic carbocycles. The fourth-order valence-corrected chi connectivity index (χ4v) is 1.48. The topological polar surface area (TPSA) is 39.2 Å². The Bertz CT molecular complexity index is 596. The third-order valence-electron chi connectivity index (χ3n) is 2.51. The number of ether oxygens (including phenoxy) is 1. The van der Waals surface area contributed by atoms with Crippen LogP contribution in [0.25, 0.3) is 0 Å². The van der Waals surface area contributed by atoms with Crippen LogP contribution in [0.5, 0.6) is 11.6 Å². The number of hydrogen-bond donors (Lipinski definition) is 0. The van der Waals surface area contributed by atoms with Gasteiger partial charge in [0.2, 0.25) is 5.88 Å². The molecule has 0 radical (unpaired) electrons. The van der Waals surface area contributed by atoms with E-state index in [1.807, 2.05) is 6.92 Å². The zero-order valence-electron chi connectivity index (χ0n) is 10.1. The summed E-state index contributed by atoms with van der Waals surface area (Å²) in [6.07, 6.45) is 1.49. The predicted molar refractivity (Wildman–Crippen MR) is 65.5 cm³/mol. The summed E-state index contributed by atoms with van der Waals surface area (Å²) in [4.78, 5) is 15.2. The lowest BCUT2D eigenvalue weighted by Gasteiger charge is -2.08. The molecule has 92 valence electrons. The van der Waals surface area contributed by atoms with Gasteiger partial charge < -0.3 is 4.74 Å². The molecule has 4 heteroatoms. The van der Waals surface area contributed by atoms with E-state index in [2.05, 4.69) is 4.98 Å². The molecule has 0 spiro atoms. The molecule has 1 aromatic carbocycles. The molecule has 1 heterocycles. The lowest BCUT2D eigenvalue weighted by atomic mass is 10.2. The van der Waals surface area contributed by atoms with Gasteiger partial charge in [-0.15, -0.1) is 0 Å². The van der Waals surface area contributed by atoms with E-state index in [1.165, 1.54) is 31.3 Å². The molecule has 0 amide bonds. The van der Waals surface area contributed by atoms with Gasteiger partial charge in [0.1, 0.15) is 11.6 Å². The van der Waals surface area contributed by atoms with Crippen molar-refractivity contribution in [2.24, 2.45) is 0 Å². The molecular weight excluding hydrogens is 233 g/mol. The predicted octanol–water partition coefficient (Wildman–Crippen LogP) is 3.52. The Morgan fingerprint density at radius 1 is 1.28 bits per heavy atom. The maximum absolute atomic E-state index is 13.1. The first kappa shape index (κ1) is 12.2. The zero-order valence-corrected chi connectivity index (χ0v) is 10.1. The third kappa shape index (κ3) is 2.71. The van der Waals surface area contributed by atoms with Crippen molar-refractivity contribution in [3.05, 3.63) is 53.5 Å². The minimum Gasteiger partial charge on any atom is -0.439 e. The first-order chi connectivity index (χ1) is 8.56. The number of nitrogens with zero attached hydrogens (tertiary/aromatic N) is 1. The van der Waals surface area contributed by atoms with E-state index >= 15 is 0 Å². The number of pyridine rings is 1. The van der Waals surface area contributed by atoms with E-state index in [0.29, 0.717) is 11.3 Å². The molecule has 0 unspecified atom stereocenters. The van der Waals surface area contributed by atoms with Crippen LogP contribution in [0.4, 0.5) is 4.39 Å². The van der Waals surface area contributed by atoms with Crippen LogP contribution in [-0.2, 0) is 0 Å². The van der Waals surface area contributed by atoms with Crippen LogP contribution in [0.3, 0.4) is 0 Å². The van der Waals surface area contributed by atoms with Gasteiger partial charge in [0.05, 0.1) is 0 Å². The SMILES string of the molecule is CC(=O)c1ccnc(Oc2cc(F)ccc2C)c1. The van der Waals surface area contributed by atoms with Crippen molar-refractivity contribution in [1.82, 2.24) is 4.98 Å². The summed E-state index contributed by atoms with van der Waals surface area (Å²) in [5.74, 6) is 0.219. The van der Waals surface area contributed by atoms with Crippen LogP contribution in [0.1, 0.15) is 22.8 Å². The van der Waals surface area contributed by atoms with E-state index in [9.17, 15) is 9.18 Å². The number of aromatic nitrogens is 1. The Balaban J connectivity index is 2.31. The van der Waals surface area contributed by atoms with Gasteiger partial charge in [-0.25, -0.2) is 9.37 Å². The summed E-state index contributed by atoms with van der Waals surface area (Å²) in [6, 6.07) is 7.42. The van der Waals surface area contributed by atoms with Crippen molar-refractivity contribution in [2.45, 2.75) is 13.8 Å². The van der Waals surface area contributed by atoms with Gasteiger partial charge in [0, 0.05) is 23.9 Å². The summed E-state index contributed by atoms with van der Waals surface area (Å²) >= 11 is 0. The van der Waals surface area contributed by atoms with Crippen molar-refractivity contribution >= 4 is 5.78 Å². The summed E-state index contributed by atoms with van der Waals surface area (Å²) in [5, 5.41) is 0. The molecule has 0 aliphatic heterocycles. The molecule has 0 saturated carbocycles. The second-order valence-corrected chi connectivity index (χ2v) is 3.95. The van der Waals surface area contributed by atoms with E-state index in [1.54, 1.807) is 12.1 Å². The lowest BCUT2D eigenvalue weighted by molar-refractivity contribution is 0.101. The molecule has 3 nitrogen and oxygen atoms in total. The zero-order chi connectivity index (χ0) is 13.1. The molecular formula is C14H12FNO2. The molecule has 0 atom stereocenters. The number of rotatable bonds is 3. The molecule has 0 aliphatic rings. The van der Waals surface area contributed by atoms with Gasteiger partial charge in [0.25, 0.3) is 0 Å². The van der Waals surface area contributed by atoms with E-state index in [0.717, 1.165) is 5.56 Å². The Morgan fingerprint density at radius 2 is 2.06 bits per heavy atom. The molecule has 2 rings (SSSR count). The van der Waals surface area contributed by atoms with E-state index < -0.39 is 0 Å². The van der Waals surface area contributed by atoms with Gasteiger partial charge in [-0.1, -0.05) is 6.07 Å². The summed E-state index contributed by atoms with van der Waals surface area (Å²) in [5.41, 5.74) is 1.31. The van der Waals surface area contributed by atoms with Gasteiger partial charge in [0.15, 0.2) is 5.78 Å². The highest BCUT2D eigenvalue weighted by molar-refractivity contribution is 5.94. The Morgan fingerprint density at radius 3 is 2.78 bits per heavy atom. The Hall–Kier alpha value is -2.23.